The van der Waals surface area contributed by atoms with E-state index in [0.717, 1.165) is 22.2 Å². The molecule has 1 fully saturated rings. The molecule has 0 aromatic carbocycles. The van der Waals surface area contributed by atoms with Gasteiger partial charge in [0.05, 0.1) is 24.3 Å². The van der Waals surface area contributed by atoms with Crippen molar-refractivity contribution in [3.05, 3.63) is 42.4 Å². The van der Waals surface area contributed by atoms with Gasteiger partial charge in [0.25, 0.3) is 0 Å². The van der Waals surface area contributed by atoms with Crippen LogP contribution >= 0.6 is 0 Å². The molecule has 0 amide bonds. The molecule has 6 heteroatoms. The first kappa shape index (κ1) is 12.4. The van der Waals surface area contributed by atoms with E-state index < -0.39 is 5.79 Å². The number of rotatable bonds is 2. The second kappa shape index (κ2) is 4.61. The summed E-state index contributed by atoms with van der Waals surface area (Å²) in [7, 11) is 0. The number of nitrogens with one attached hydrogen (secondary N) is 1. The lowest BCUT2D eigenvalue weighted by Crippen LogP contribution is -2.22. The first-order valence-corrected chi connectivity index (χ1v) is 6.80. The maximum absolute atomic E-state index is 5.79. The Bertz CT molecular complexity index is 779. The molecule has 6 nitrogen and oxygen atoms in total. The predicted octanol–water partition coefficient (Wildman–Crippen LogP) is 2.24. The lowest BCUT2D eigenvalue weighted by Gasteiger charge is -2.23. The van der Waals surface area contributed by atoms with Gasteiger partial charge in [-0.15, -0.1) is 0 Å². The topological polar surface area (TPSA) is 72.9 Å². The zero-order chi connectivity index (χ0) is 14.3. The Morgan fingerprint density at radius 1 is 1.10 bits per heavy atom. The average Bonchev–Trinajstić information content (AvgIpc) is 3.15. The molecular formula is C15H14N4O2. The summed E-state index contributed by atoms with van der Waals surface area (Å²) < 4.78 is 11.6. The van der Waals surface area contributed by atoms with Crippen LogP contribution in [0.2, 0.25) is 0 Å². The van der Waals surface area contributed by atoms with Gasteiger partial charge in [-0.3, -0.25) is 10.1 Å². The van der Waals surface area contributed by atoms with Crippen molar-refractivity contribution in [1.82, 2.24) is 20.2 Å². The molecule has 3 aromatic rings. The monoisotopic (exact) mass is 282 g/mol. The van der Waals surface area contributed by atoms with Gasteiger partial charge in [0.2, 0.25) is 0 Å². The van der Waals surface area contributed by atoms with Crippen molar-refractivity contribution in [2.45, 2.75) is 12.7 Å². The Labute approximate surface area is 121 Å². The minimum absolute atomic E-state index is 0.586. The predicted molar refractivity (Wildman–Crippen MR) is 76.4 cm³/mol. The maximum Gasteiger partial charge on any atom is 0.192 e. The van der Waals surface area contributed by atoms with Crippen molar-refractivity contribution in [3.63, 3.8) is 0 Å². The molecule has 0 bridgehead atoms. The minimum Gasteiger partial charge on any atom is -0.344 e. The second-order valence-electron chi connectivity index (χ2n) is 5.03. The van der Waals surface area contributed by atoms with Crippen LogP contribution in [0, 0.1) is 0 Å². The van der Waals surface area contributed by atoms with Crippen molar-refractivity contribution in [3.8, 4) is 11.3 Å². The zero-order valence-electron chi connectivity index (χ0n) is 11.5. The van der Waals surface area contributed by atoms with Gasteiger partial charge in [-0.05, 0) is 25.1 Å². The van der Waals surface area contributed by atoms with E-state index in [1.807, 2.05) is 25.1 Å². The molecule has 0 atom stereocenters. The molecule has 1 aliphatic rings. The maximum atomic E-state index is 5.79. The Kier molecular flexibility index (Phi) is 2.73. The number of aromatic nitrogens is 4. The van der Waals surface area contributed by atoms with Crippen molar-refractivity contribution >= 4 is 11.0 Å². The van der Waals surface area contributed by atoms with E-state index in [2.05, 4.69) is 20.2 Å². The van der Waals surface area contributed by atoms with E-state index in [0.29, 0.717) is 18.9 Å². The molecule has 4 heterocycles. The minimum atomic E-state index is -0.757. The van der Waals surface area contributed by atoms with E-state index in [1.54, 1.807) is 18.6 Å². The standard InChI is InChI=1S/C15H14N4O2/c1-15(20-8-9-21-15)11-4-7-17-14-12(11)13(18-19-14)10-2-5-16-6-3-10/h2-7H,8-9H2,1H3,(H,17,18,19). The van der Waals surface area contributed by atoms with Crippen LogP contribution in [0.1, 0.15) is 12.5 Å². The van der Waals surface area contributed by atoms with E-state index in [9.17, 15) is 0 Å². The summed E-state index contributed by atoms with van der Waals surface area (Å²) in [4.78, 5) is 8.37. The van der Waals surface area contributed by atoms with E-state index in [4.69, 9.17) is 9.47 Å². The summed E-state index contributed by atoms with van der Waals surface area (Å²) in [5.41, 5.74) is 3.49. The third-order valence-electron chi connectivity index (χ3n) is 3.75. The highest BCUT2D eigenvalue weighted by molar-refractivity contribution is 5.93. The molecule has 0 spiro atoms. The molecule has 1 N–H and O–H groups in total. The number of H-pyrrole nitrogens is 1. The van der Waals surface area contributed by atoms with Gasteiger partial charge >= 0.3 is 0 Å². The largest absolute Gasteiger partial charge is 0.344 e. The molecule has 1 aliphatic heterocycles. The number of pyridine rings is 2. The van der Waals surface area contributed by atoms with Gasteiger partial charge in [0.15, 0.2) is 11.4 Å². The highest BCUT2D eigenvalue weighted by Gasteiger charge is 2.36. The number of fused-ring (bicyclic) bond motifs is 1. The van der Waals surface area contributed by atoms with Crippen molar-refractivity contribution in [2.75, 3.05) is 13.2 Å². The highest BCUT2D eigenvalue weighted by Crippen LogP contribution is 2.38. The number of nitrogens with zero attached hydrogens (tertiary/aromatic N) is 3. The van der Waals surface area contributed by atoms with Gasteiger partial charge in [0, 0.05) is 29.7 Å². The summed E-state index contributed by atoms with van der Waals surface area (Å²) in [6.45, 7) is 3.10. The van der Waals surface area contributed by atoms with Crippen LogP contribution in [0.4, 0.5) is 0 Å². The normalized spacial score (nSPS) is 17.4. The van der Waals surface area contributed by atoms with Crippen molar-refractivity contribution < 1.29 is 9.47 Å². The Morgan fingerprint density at radius 2 is 1.86 bits per heavy atom. The van der Waals surface area contributed by atoms with Crippen LogP contribution in [0.3, 0.4) is 0 Å². The summed E-state index contributed by atoms with van der Waals surface area (Å²) in [6, 6.07) is 5.79. The number of hydrogen-bond acceptors (Lipinski definition) is 5. The van der Waals surface area contributed by atoms with Gasteiger partial charge < -0.3 is 9.47 Å². The second-order valence-corrected chi connectivity index (χ2v) is 5.03. The van der Waals surface area contributed by atoms with E-state index in [1.165, 1.54) is 0 Å². The van der Waals surface area contributed by atoms with E-state index in [-0.39, 0.29) is 0 Å². The van der Waals surface area contributed by atoms with Gasteiger partial charge in [-0.2, -0.15) is 5.10 Å². The smallest absolute Gasteiger partial charge is 0.192 e. The molecular weight excluding hydrogens is 268 g/mol. The van der Waals surface area contributed by atoms with Crippen LogP contribution in [0.25, 0.3) is 22.3 Å². The third-order valence-corrected chi connectivity index (χ3v) is 3.75. The zero-order valence-corrected chi connectivity index (χ0v) is 11.5. The molecule has 21 heavy (non-hydrogen) atoms. The summed E-state index contributed by atoms with van der Waals surface area (Å²) >= 11 is 0. The fourth-order valence-corrected chi connectivity index (χ4v) is 2.72. The molecule has 0 saturated carbocycles. The fourth-order valence-electron chi connectivity index (χ4n) is 2.72. The van der Waals surface area contributed by atoms with Crippen LogP contribution in [-0.2, 0) is 15.3 Å². The first-order valence-electron chi connectivity index (χ1n) is 6.80. The average molecular weight is 282 g/mol. The lowest BCUT2D eigenvalue weighted by molar-refractivity contribution is -0.148. The summed E-state index contributed by atoms with van der Waals surface area (Å²) in [5.74, 6) is -0.757. The van der Waals surface area contributed by atoms with Crippen LogP contribution < -0.4 is 0 Å². The Hall–Kier alpha value is -2.31. The molecule has 4 rings (SSSR count). The molecule has 106 valence electrons. The van der Waals surface area contributed by atoms with Crippen molar-refractivity contribution in [2.24, 2.45) is 0 Å². The van der Waals surface area contributed by atoms with Crippen LogP contribution in [0.5, 0.6) is 0 Å². The van der Waals surface area contributed by atoms with Crippen molar-refractivity contribution in [1.29, 1.82) is 0 Å². The Balaban J connectivity index is 1.98. The number of ether oxygens (including phenoxy) is 2. The number of hydrogen-bond donors (Lipinski definition) is 1. The van der Waals surface area contributed by atoms with E-state index >= 15 is 0 Å². The molecule has 0 unspecified atom stereocenters. The molecule has 3 aromatic heterocycles. The number of aromatic amines is 1. The Morgan fingerprint density at radius 3 is 2.62 bits per heavy atom. The summed E-state index contributed by atoms with van der Waals surface area (Å²) in [5, 5.41) is 8.27. The van der Waals surface area contributed by atoms with Gasteiger partial charge in [-0.25, -0.2) is 4.98 Å². The quantitative estimate of drug-likeness (QED) is 0.780. The third kappa shape index (κ3) is 1.91. The molecule has 1 saturated heterocycles. The fraction of sp³-hybridized carbons (Fsp3) is 0.267. The van der Waals surface area contributed by atoms with Gasteiger partial charge in [0.1, 0.15) is 0 Å². The molecule has 0 aliphatic carbocycles. The van der Waals surface area contributed by atoms with Crippen LogP contribution in [-0.4, -0.2) is 33.4 Å². The summed E-state index contributed by atoms with van der Waals surface area (Å²) in [6.07, 6.45) is 5.23. The SMILES string of the molecule is CC1(c2ccnc3n[nH]c(-c4ccncc4)c23)OCCO1. The van der Waals surface area contributed by atoms with Crippen LogP contribution in [0.15, 0.2) is 36.8 Å². The molecule has 0 radical (unpaired) electrons. The van der Waals surface area contributed by atoms with Gasteiger partial charge in [-0.1, -0.05) is 0 Å². The highest BCUT2D eigenvalue weighted by atomic mass is 16.7. The lowest BCUT2D eigenvalue weighted by atomic mass is 10.0. The first-order chi connectivity index (χ1) is 10.3.